The van der Waals surface area contributed by atoms with Crippen LogP contribution in [0.3, 0.4) is 0 Å². The minimum Gasteiger partial charge on any atom is -0.385 e. The van der Waals surface area contributed by atoms with E-state index in [9.17, 15) is 4.39 Å². The second kappa shape index (κ2) is 6.38. The molecule has 1 rings (SSSR count). The summed E-state index contributed by atoms with van der Waals surface area (Å²) in [5.41, 5.74) is 0.812. The van der Waals surface area contributed by atoms with Gasteiger partial charge < -0.3 is 5.32 Å². The smallest absolute Gasteiger partial charge is 0.214 e. The molecule has 0 unspecified atom stereocenters. The minimum atomic E-state index is -0.429. The van der Waals surface area contributed by atoms with E-state index in [1.54, 1.807) is 6.07 Å². The Labute approximate surface area is 90.9 Å². The molecule has 1 aromatic heterocycles. The van der Waals surface area contributed by atoms with Gasteiger partial charge in [0.25, 0.3) is 0 Å². The molecule has 84 valence electrons. The number of unbranched alkanes of at least 4 members (excludes halogenated alkanes) is 1. The fourth-order valence-electron chi connectivity index (χ4n) is 1.42. The van der Waals surface area contributed by atoms with Gasteiger partial charge in [-0.3, -0.25) is 0 Å². The van der Waals surface area contributed by atoms with E-state index in [2.05, 4.69) is 24.1 Å². The third-order valence-corrected chi connectivity index (χ3v) is 2.26. The van der Waals surface area contributed by atoms with E-state index in [-0.39, 0.29) is 0 Å². The van der Waals surface area contributed by atoms with Crippen molar-refractivity contribution in [1.29, 1.82) is 0 Å². The van der Waals surface area contributed by atoms with E-state index in [1.165, 1.54) is 25.1 Å². The zero-order valence-electron chi connectivity index (χ0n) is 9.46. The Balaban J connectivity index is 2.15. The highest BCUT2D eigenvalue weighted by molar-refractivity contribution is 5.40. The topological polar surface area (TPSA) is 24.9 Å². The molecule has 0 fully saturated rings. The summed E-state index contributed by atoms with van der Waals surface area (Å²) in [6, 6.07) is 3.20. The minimum absolute atomic E-state index is 0.429. The van der Waals surface area contributed by atoms with Crippen LogP contribution in [0.2, 0.25) is 0 Å². The second-order valence-electron chi connectivity index (χ2n) is 4.18. The standard InChI is InChI=1S/C12H19FN2/c1-10(2)5-3-4-7-14-11-6-8-15-12(13)9-11/h6,8-10H,3-5,7H2,1-2H3,(H,14,15). The molecule has 3 heteroatoms. The van der Waals surface area contributed by atoms with Crippen LogP contribution in [0, 0.1) is 11.9 Å². The van der Waals surface area contributed by atoms with Crippen molar-refractivity contribution in [2.45, 2.75) is 33.1 Å². The van der Waals surface area contributed by atoms with Crippen molar-refractivity contribution in [3.63, 3.8) is 0 Å². The summed E-state index contributed by atoms with van der Waals surface area (Å²) in [5, 5.41) is 3.18. The van der Waals surface area contributed by atoms with Gasteiger partial charge in [0.05, 0.1) is 0 Å². The van der Waals surface area contributed by atoms with Crippen LogP contribution in [-0.4, -0.2) is 11.5 Å². The molecule has 0 amide bonds. The molecule has 15 heavy (non-hydrogen) atoms. The van der Waals surface area contributed by atoms with Crippen LogP contribution in [-0.2, 0) is 0 Å². The highest BCUT2D eigenvalue weighted by atomic mass is 19.1. The van der Waals surface area contributed by atoms with Crippen LogP contribution in [0.25, 0.3) is 0 Å². The van der Waals surface area contributed by atoms with Crippen molar-refractivity contribution in [3.8, 4) is 0 Å². The number of pyridine rings is 1. The number of aromatic nitrogens is 1. The van der Waals surface area contributed by atoms with Gasteiger partial charge in [-0.15, -0.1) is 0 Å². The van der Waals surface area contributed by atoms with Crippen LogP contribution < -0.4 is 5.32 Å². The van der Waals surface area contributed by atoms with E-state index in [0.717, 1.165) is 24.6 Å². The molecule has 1 N–H and O–H groups in total. The summed E-state index contributed by atoms with van der Waals surface area (Å²) >= 11 is 0. The lowest BCUT2D eigenvalue weighted by molar-refractivity contribution is 0.544. The molecule has 1 aromatic rings. The van der Waals surface area contributed by atoms with Crippen molar-refractivity contribution in [3.05, 3.63) is 24.3 Å². The maximum Gasteiger partial charge on any atom is 0.214 e. The molecule has 0 bridgehead atoms. The van der Waals surface area contributed by atoms with E-state index in [4.69, 9.17) is 0 Å². The van der Waals surface area contributed by atoms with Gasteiger partial charge in [0.1, 0.15) is 0 Å². The molecule has 0 saturated heterocycles. The summed E-state index contributed by atoms with van der Waals surface area (Å²) in [5.74, 6) is 0.338. The first kappa shape index (κ1) is 12.0. The van der Waals surface area contributed by atoms with Crippen LogP contribution in [0.1, 0.15) is 33.1 Å². The molecular weight excluding hydrogens is 191 g/mol. The zero-order valence-corrected chi connectivity index (χ0v) is 9.46. The first-order valence-electron chi connectivity index (χ1n) is 5.54. The lowest BCUT2D eigenvalue weighted by Gasteiger charge is -2.07. The molecule has 0 aliphatic carbocycles. The molecule has 0 aliphatic heterocycles. The molecular formula is C12H19FN2. The predicted octanol–water partition coefficient (Wildman–Crippen LogP) is 3.46. The van der Waals surface area contributed by atoms with Gasteiger partial charge in [-0.2, -0.15) is 4.39 Å². The Morgan fingerprint density at radius 3 is 2.87 bits per heavy atom. The highest BCUT2D eigenvalue weighted by Gasteiger charge is 1.96. The van der Waals surface area contributed by atoms with Crippen LogP contribution in [0.5, 0.6) is 0 Å². The van der Waals surface area contributed by atoms with Crippen molar-refractivity contribution in [2.75, 3.05) is 11.9 Å². The number of anilines is 1. The lowest BCUT2D eigenvalue weighted by Crippen LogP contribution is -2.02. The first-order chi connectivity index (χ1) is 7.18. The van der Waals surface area contributed by atoms with Crippen molar-refractivity contribution < 1.29 is 4.39 Å². The first-order valence-corrected chi connectivity index (χ1v) is 5.54. The van der Waals surface area contributed by atoms with Gasteiger partial charge in [0.2, 0.25) is 5.95 Å². The van der Waals surface area contributed by atoms with Crippen LogP contribution in [0.15, 0.2) is 18.3 Å². The van der Waals surface area contributed by atoms with Crippen molar-refractivity contribution >= 4 is 5.69 Å². The molecule has 0 atom stereocenters. The van der Waals surface area contributed by atoms with E-state index >= 15 is 0 Å². The number of nitrogens with zero attached hydrogens (tertiary/aromatic N) is 1. The second-order valence-corrected chi connectivity index (χ2v) is 4.18. The van der Waals surface area contributed by atoms with Gasteiger partial charge in [-0.25, -0.2) is 4.98 Å². The van der Waals surface area contributed by atoms with Crippen LogP contribution in [0.4, 0.5) is 10.1 Å². The monoisotopic (exact) mass is 210 g/mol. The zero-order chi connectivity index (χ0) is 11.1. The van der Waals surface area contributed by atoms with Gasteiger partial charge in [-0.05, 0) is 18.4 Å². The molecule has 0 aromatic carbocycles. The predicted molar refractivity (Wildman–Crippen MR) is 61.4 cm³/mol. The molecule has 0 spiro atoms. The third kappa shape index (κ3) is 5.35. The van der Waals surface area contributed by atoms with Gasteiger partial charge in [0, 0.05) is 24.5 Å². The molecule has 1 heterocycles. The SMILES string of the molecule is CC(C)CCCCNc1ccnc(F)c1. The average molecular weight is 210 g/mol. The van der Waals surface area contributed by atoms with Gasteiger partial charge in [-0.1, -0.05) is 26.7 Å². The van der Waals surface area contributed by atoms with Crippen LogP contribution >= 0.6 is 0 Å². The summed E-state index contributed by atoms with van der Waals surface area (Å²) < 4.78 is 12.7. The van der Waals surface area contributed by atoms with Gasteiger partial charge >= 0.3 is 0 Å². The number of halogens is 1. The quantitative estimate of drug-likeness (QED) is 0.574. The summed E-state index contributed by atoms with van der Waals surface area (Å²) in [4.78, 5) is 3.50. The van der Waals surface area contributed by atoms with E-state index in [0.29, 0.717) is 0 Å². The number of nitrogens with one attached hydrogen (secondary N) is 1. The maximum absolute atomic E-state index is 12.7. The largest absolute Gasteiger partial charge is 0.385 e. The van der Waals surface area contributed by atoms with E-state index < -0.39 is 5.95 Å². The summed E-state index contributed by atoms with van der Waals surface area (Å²) in [7, 11) is 0. The number of hydrogen-bond acceptors (Lipinski definition) is 2. The molecule has 0 saturated carbocycles. The Hall–Kier alpha value is -1.12. The Bertz CT molecular complexity index is 287. The maximum atomic E-state index is 12.7. The lowest BCUT2D eigenvalue weighted by atomic mass is 10.1. The third-order valence-electron chi connectivity index (χ3n) is 2.26. The summed E-state index contributed by atoms with van der Waals surface area (Å²) in [6.07, 6.45) is 5.08. The summed E-state index contributed by atoms with van der Waals surface area (Å²) in [6.45, 7) is 5.35. The Morgan fingerprint density at radius 1 is 1.40 bits per heavy atom. The van der Waals surface area contributed by atoms with Crippen molar-refractivity contribution in [1.82, 2.24) is 4.98 Å². The van der Waals surface area contributed by atoms with Gasteiger partial charge in [0.15, 0.2) is 0 Å². The molecule has 0 aliphatic rings. The highest BCUT2D eigenvalue weighted by Crippen LogP contribution is 2.09. The average Bonchev–Trinajstić information content (AvgIpc) is 2.17. The number of rotatable bonds is 6. The Kier molecular flexibility index (Phi) is 5.08. The Morgan fingerprint density at radius 2 is 2.20 bits per heavy atom. The number of hydrogen-bond donors (Lipinski definition) is 1. The molecule has 2 nitrogen and oxygen atoms in total. The normalized spacial score (nSPS) is 10.7. The van der Waals surface area contributed by atoms with Crippen molar-refractivity contribution in [2.24, 2.45) is 5.92 Å². The molecule has 0 radical (unpaired) electrons. The fourth-order valence-corrected chi connectivity index (χ4v) is 1.42. The fraction of sp³-hybridized carbons (Fsp3) is 0.583. The van der Waals surface area contributed by atoms with E-state index in [1.807, 2.05) is 0 Å².